The number of nitrogens with one attached hydrogen (secondary N) is 1. The molecule has 1 heterocycles. The van der Waals surface area contributed by atoms with Crippen LogP contribution in [0.15, 0.2) is 36.5 Å². The van der Waals surface area contributed by atoms with E-state index < -0.39 is 61.5 Å². The molecule has 0 aliphatic carbocycles. The maximum atomic E-state index is 13.1. The van der Waals surface area contributed by atoms with Crippen LogP contribution in [0.25, 0.3) is 0 Å². The average molecular weight is 950 g/mol. The lowest BCUT2D eigenvalue weighted by molar-refractivity contribution is -0.302. The van der Waals surface area contributed by atoms with Gasteiger partial charge in [-0.05, 0) is 57.8 Å². The zero-order valence-electron chi connectivity index (χ0n) is 43.3. The maximum Gasteiger partial charge on any atom is 0.249 e. The number of unbranched alkanes of at least 4 members (excludes halogenated alkanes) is 33. The predicted molar refractivity (Wildman–Crippen MR) is 278 cm³/mol. The Labute approximate surface area is 411 Å². The third-order valence-electron chi connectivity index (χ3n) is 13.5. The molecule has 1 aliphatic rings. The van der Waals surface area contributed by atoms with Crippen LogP contribution in [0, 0.1) is 0 Å². The van der Waals surface area contributed by atoms with E-state index in [0.717, 1.165) is 32.1 Å². The Kier molecular flexibility index (Phi) is 44.2. The van der Waals surface area contributed by atoms with Gasteiger partial charge in [0.25, 0.3) is 0 Å². The molecule has 0 aromatic heterocycles. The first-order chi connectivity index (χ1) is 32.8. The molecule has 7 N–H and O–H groups in total. The molecule has 0 aromatic carbocycles. The zero-order valence-corrected chi connectivity index (χ0v) is 43.3. The molecular weight excluding hydrogens is 843 g/mol. The van der Waals surface area contributed by atoms with Gasteiger partial charge in [0.15, 0.2) is 6.29 Å². The summed E-state index contributed by atoms with van der Waals surface area (Å²) in [5, 5.41) is 64.9. The minimum Gasteiger partial charge on any atom is -0.394 e. The second-order valence-electron chi connectivity index (χ2n) is 19.9. The summed E-state index contributed by atoms with van der Waals surface area (Å²) in [7, 11) is 0. The van der Waals surface area contributed by atoms with Crippen molar-refractivity contribution in [2.75, 3.05) is 13.2 Å². The van der Waals surface area contributed by atoms with E-state index in [9.17, 15) is 35.4 Å². The third kappa shape index (κ3) is 36.0. The number of ether oxygens (including phenoxy) is 2. The third-order valence-corrected chi connectivity index (χ3v) is 13.5. The summed E-state index contributed by atoms with van der Waals surface area (Å²) < 4.78 is 11.2. The van der Waals surface area contributed by atoms with Crippen molar-refractivity contribution in [3.05, 3.63) is 36.5 Å². The smallest absolute Gasteiger partial charge is 0.249 e. The second-order valence-corrected chi connectivity index (χ2v) is 19.9. The largest absolute Gasteiger partial charge is 0.394 e. The van der Waals surface area contributed by atoms with E-state index in [1.165, 1.54) is 193 Å². The first-order valence-corrected chi connectivity index (χ1v) is 28.3. The number of aliphatic hydroxyl groups excluding tert-OH is 6. The van der Waals surface area contributed by atoms with Crippen LogP contribution in [0.3, 0.4) is 0 Å². The molecule has 1 rings (SSSR count). The molecule has 0 saturated carbocycles. The normalized spacial score (nSPS) is 20.4. The van der Waals surface area contributed by atoms with Crippen molar-refractivity contribution in [1.82, 2.24) is 5.32 Å². The number of rotatable bonds is 48. The second kappa shape index (κ2) is 46.7. The molecule has 0 aromatic rings. The molecule has 10 nitrogen and oxygen atoms in total. The number of hydrogen-bond donors (Lipinski definition) is 7. The lowest BCUT2D eigenvalue weighted by Crippen LogP contribution is -2.60. The number of aliphatic hydroxyl groups is 6. The molecule has 1 fully saturated rings. The van der Waals surface area contributed by atoms with Crippen LogP contribution < -0.4 is 5.32 Å². The van der Waals surface area contributed by atoms with Gasteiger partial charge in [-0.15, -0.1) is 0 Å². The van der Waals surface area contributed by atoms with Crippen molar-refractivity contribution >= 4 is 5.91 Å². The van der Waals surface area contributed by atoms with Gasteiger partial charge in [0.05, 0.1) is 25.4 Å². The molecule has 10 heteroatoms. The highest BCUT2D eigenvalue weighted by Crippen LogP contribution is 2.23. The van der Waals surface area contributed by atoms with E-state index in [0.29, 0.717) is 19.3 Å². The fraction of sp³-hybridized carbons (Fsp3) is 0.877. The van der Waals surface area contributed by atoms with E-state index in [1.54, 1.807) is 6.08 Å². The lowest BCUT2D eigenvalue weighted by atomic mass is 9.99. The summed E-state index contributed by atoms with van der Waals surface area (Å²) >= 11 is 0. The van der Waals surface area contributed by atoms with Gasteiger partial charge in [-0.2, -0.15) is 0 Å². The molecule has 0 bridgehead atoms. The topological polar surface area (TPSA) is 169 Å². The Balaban J connectivity index is 2.23. The quantitative estimate of drug-likeness (QED) is 0.0232. The van der Waals surface area contributed by atoms with Crippen LogP contribution in [0.2, 0.25) is 0 Å². The van der Waals surface area contributed by atoms with E-state index in [-0.39, 0.29) is 6.61 Å². The molecule has 67 heavy (non-hydrogen) atoms. The van der Waals surface area contributed by atoms with Gasteiger partial charge in [-0.1, -0.05) is 237 Å². The van der Waals surface area contributed by atoms with Gasteiger partial charge in [-0.3, -0.25) is 4.79 Å². The maximum absolute atomic E-state index is 13.1. The lowest BCUT2D eigenvalue weighted by Gasteiger charge is -2.40. The summed E-state index contributed by atoms with van der Waals surface area (Å²) in [5.74, 6) is -0.625. The Bertz CT molecular complexity index is 1160. The number of hydrogen-bond acceptors (Lipinski definition) is 9. The van der Waals surface area contributed by atoms with E-state index >= 15 is 0 Å². The molecular formula is C57H107NO9. The summed E-state index contributed by atoms with van der Waals surface area (Å²) in [6.45, 7) is 3.61. The highest BCUT2D eigenvalue weighted by atomic mass is 16.7. The van der Waals surface area contributed by atoms with Crippen LogP contribution in [-0.4, -0.2) is 98.7 Å². The standard InChI is InChI=1S/C57H107NO9/c1-3-5-7-9-11-13-15-17-19-20-21-22-23-24-25-26-27-28-29-30-31-32-34-36-38-40-42-44-46-51(61)56(65)58-49(48-66-57-55(64)54(63)53(62)52(47-59)67-57)50(60)45-43-41-39-37-35-33-18-16-14-12-10-8-6-4-2/h24-25,35,37,43,45,49-55,57,59-64H,3-23,26-34,36,38-42,44,46-48H2,1-2H3,(H,58,65)/b25-24-,37-35+,45-43+. The average Bonchev–Trinajstić information content (AvgIpc) is 3.33. The first kappa shape index (κ1) is 63.4. The van der Waals surface area contributed by atoms with Gasteiger partial charge in [0.2, 0.25) is 5.91 Å². The highest BCUT2D eigenvalue weighted by molar-refractivity contribution is 5.80. The summed E-state index contributed by atoms with van der Waals surface area (Å²) in [6, 6.07) is -0.996. The van der Waals surface area contributed by atoms with Crippen molar-refractivity contribution in [1.29, 1.82) is 0 Å². The summed E-state index contributed by atoms with van der Waals surface area (Å²) in [6.07, 6.45) is 49.7. The molecule has 1 amide bonds. The summed E-state index contributed by atoms with van der Waals surface area (Å²) in [4.78, 5) is 13.1. The molecule has 8 atom stereocenters. The molecule has 394 valence electrons. The van der Waals surface area contributed by atoms with E-state index in [4.69, 9.17) is 9.47 Å². The number of carbonyl (C=O) groups excluding carboxylic acids is 1. The minimum absolute atomic E-state index is 0.304. The van der Waals surface area contributed by atoms with Gasteiger partial charge in [0.1, 0.15) is 30.5 Å². The fourth-order valence-corrected chi connectivity index (χ4v) is 8.94. The van der Waals surface area contributed by atoms with Gasteiger partial charge in [0, 0.05) is 0 Å². The predicted octanol–water partition coefficient (Wildman–Crippen LogP) is 12.5. The Morgan fingerprint density at radius 3 is 1.30 bits per heavy atom. The van der Waals surface area contributed by atoms with Gasteiger partial charge >= 0.3 is 0 Å². The van der Waals surface area contributed by atoms with Gasteiger partial charge < -0.3 is 45.4 Å². The van der Waals surface area contributed by atoms with Crippen molar-refractivity contribution in [2.45, 2.75) is 307 Å². The van der Waals surface area contributed by atoms with Crippen LogP contribution in [0.1, 0.15) is 258 Å². The van der Waals surface area contributed by atoms with Crippen molar-refractivity contribution < 1.29 is 44.9 Å². The van der Waals surface area contributed by atoms with Crippen molar-refractivity contribution in [2.24, 2.45) is 0 Å². The van der Waals surface area contributed by atoms with Crippen molar-refractivity contribution in [3.63, 3.8) is 0 Å². The van der Waals surface area contributed by atoms with Gasteiger partial charge in [-0.25, -0.2) is 0 Å². The van der Waals surface area contributed by atoms with Crippen molar-refractivity contribution in [3.8, 4) is 0 Å². The SMILES string of the molecule is CCCCCCCCCC/C=C/CC/C=C/C(O)C(COC1OC(CO)C(O)C(O)C1O)NC(=O)C(O)CCCCCCCCCCCCCC/C=C\CCCCCCCCCCCCCC. The van der Waals surface area contributed by atoms with E-state index in [1.807, 2.05) is 6.08 Å². The Morgan fingerprint density at radius 2 is 0.881 bits per heavy atom. The molecule has 0 spiro atoms. The van der Waals surface area contributed by atoms with E-state index in [2.05, 4.69) is 43.5 Å². The van der Waals surface area contributed by atoms with Crippen LogP contribution in [0.5, 0.6) is 0 Å². The molecule has 1 saturated heterocycles. The highest BCUT2D eigenvalue weighted by Gasteiger charge is 2.44. The fourth-order valence-electron chi connectivity index (χ4n) is 8.94. The first-order valence-electron chi connectivity index (χ1n) is 28.3. The van der Waals surface area contributed by atoms with Crippen LogP contribution in [0.4, 0.5) is 0 Å². The number of carbonyl (C=O) groups is 1. The van der Waals surface area contributed by atoms with Crippen LogP contribution in [-0.2, 0) is 14.3 Å². The monoisotopic (exact) mass is 950 g/mol. The van der Waals surface area contributed by atoms with Crippen LogP contribution >= 0.6 is 0 Å². The molecule has 8 unspecified atom stereocenters. The Hall–Kier alpha value is -1.63. The molecule has 1 aliphatic heterocycles. The number of allylic oxidation sites excluding steroid dienone is 5. The minimum atomic E-state index is -1.62. The molecule has 0 radical (unpaired) electrons. The zero-order chi connectivity index (χ0) is 48.8. The Morgan fingerprint density at radius 1 is 0.507 bits per heavy atom. The summed E-state index contributed by atoms with van der Waals surface area (Å²) in [5.41, 5.74) is 0. The number of amides is 1.